The first-order chi connectivity index (χ1) is 10.1. The summed E-state index contributed by atoms with van der Waals surface area (Å²) in [5, 5.41) is 4.38. The second-order valence-corrected chi connectivity index (χ2v) is 6.07. The highest BCUT2D eigenvalue weighted by atomic mass is 35.5. The van der Waals surface area contributed by atoms with Gasteiger partial charge in [0.05, 0.1) is 12.1 Å². The van der Waals surface area contributed by atoms with Gasteiger partial charge in [-0.1, -0.05) is 29.3 Å². The van der Waals surface area contributed by atoms with Crippen LogP contribution in [0, 0.1) is 0 Å². The number of aliphatic imine (C=N–C) groups is 1. The van der Waals surface area contributed by atoms with Crippen molar-refractivity contribution in [2.24, 2.45) is 10.7 Å². The Morgan fingerprint density at radius 1 is 1.52 bits per heavy atom. The van der Waals surface area contributed by atoms with Gasteiger partial charge in [0.1, 0.15) is 0 Å². The zero-order chi connectivity index (χ0) is 15.2. The normalized spacial score (nSPS) is 20.5. The first-order valence-corrected chi connectivity index (χ1v) is 7.95. The van der Waals surface area contributed by atoms with E-state index in [1.807, 2.05) is 19.1 Å². The summed E-state index contributed by atoms with van der Waals surface area (Å²) in [4.78, 5) is 4.33. The number of rotatable bonds is 5. The summed E-state index contributed by atoms with van der Waals surface area (Å²) in [6.45, 7) is 3.52. The lowest BCUT2D eigenvalue weighted by Gasteiger charge is -2.16. The SMILES string of the molecule is CC(NC(N)=NCCC1CCCO1)c1ccc(Cl)cc1Cl. The summed E-state index contributed by atoms with van der Waals surface area (Å²) in [7, 11) is 0. The largest absolute Gasteiger partial charge is 0.378 e. The van der Waals surface area contributed by atoms with Gasteiger partial charge < -0.3 is 15.8 Å². The molecule has 0 spiro atoms. The fraction of sp³-hybridized carbons (Fsp3) is 0.533. The first kappa shape index (κ1) is 16.4. The Bertz CT molecular complexity index is 502. The molecule has 2 unspecified atom stereocenters. The van der Waals surface area contributed by atoms with Crippen LogP contribution < -0.4 is 11.1 Å². The fourth-order valence-corrected chi connectivity index (χ4v) is 2.97. The van der Waals surface area contributed by atoms with Crippen molar-refractivity contribution in [3.63, 3.8) is 0 Å². The van der Waals surface area contributed by atoms with Gasteiger partial charge >= 0.3 is 0 Å². The molecule has 0 saturated carbocycles. The van der Waals surface area contributed by atoms with Gasteiger partial charge in [-0.3, -0.25) is 4.99 Å². The average molecular weight is 330 g/mol. The molecule has 1 aliphatic rings. The van der Waals surface area contributed by atoms with Crippen LogP contribution in [0.25, 0.3) is 0 Å². The quantitative estimate of drug-likeness (QED) is 0.641. The second-order valence-electron chi connectivity index (χ2n) is 5.22. The van der Waals surface area contributed by atoms with Gasteiger partial charge in [0.15, 0.2) is 5.96 Å². The van der Waals surface area contributed by atoms with Gasteiger partial charge in [0.25, 0.3) is 0 Å². The lowest BCUT2D eigenvalue weighted by Crippen LogP contribution is -2.34. The summed E-state index contributed by atoms with van der Waals surface area (Å²) >= 11 is 12.1. The summed E-state index contributed by atoms with van der Waals surface area (Å²) in [6, 6.07) is 5.40. The van der Waals surface area contributed by atoms with E-state index in [1.165, 1.54) is 0 Å². The van der Waals surface area contributed by atoms with E-state index in [9.17, 15) is 0 Å². The van der Waals surface area contributed by atoms with E-state index in [0.717, 1.165) is 31.4 Å². The van der Waals surface area contributed by atoms with E-state index in [0.29, 0.717) is 28.7 Å². The van der Waals surface area contributed by atoms with E-state index < -0.39 is 0 Å². The van der Waals surface area contributed by atoms with Gasteiger partial charge in [-0.25, -0.2) is 0 Å². The molecule has 1 saturated heterocycles. The number of hydrogen-bond donors (Lipinski definition) is 2. The minimum absolute atomic E-state index is 0.0266. The molecule has 1 aromatic rings. The fourth-order valence-electron chi connectivity index (χ4n) is 2.40. The maximum Gasteiger partial charge on any atom is 0.189 e. The molecule has 1 heterocycles. The maximum absolute atomic E-state index is 6.18. The molecule has 1 fully saturated rings. The van der Waals surface area contributed by atoms with Crippen LogP contribution in [-0.4, -0.2) is 25.2 Å². The summed E-state index contributed by atoms with van der Waals surface area (Å²) in [5.41, 5.74) is 6.85. The molecule has 0 aromatic heterocycles. The van der Waals surface area contributed by atoms with Crippen LogP contribution in [0.1, 0.15) is 37.8 Å². The number of nitrogens with one attached hydrogen (secondary N) is 1. The Morgan fingerprint density at radius 3 is 3.00 bits per heavy atom. The van der Waals surface area contributed by atoms with E-state index in [2.05, 4.69) is 10.3 Å². The first-order valence-electron chi connectivity index (χ1n) is 7.19. The average Bonchev–Trinajstić information content (AvgIpc) is 2.91. The predicted octanol–water partition coefficient (Wildman–Crippen LogP) is 3.53. The molecule has 0 radical (unpaired) electrons. The maximum atomic E-state index is 6.18. The minimum atomic E-state index is -0.0266. The highest BCUT2D eigenvalue weighted by Crippen LogP contribution is 2.25. The second kappa shape index (κ2) is 7.87. The molecule has 1 aromatic carbocycles. The van der Waals surface area contributed by atoms with Gasteiger partial charge in [-0.15, -0.1) is 0 Å². The lowest BCUT2D eigenvalue weighted by atomic mass is 10.1. The monoisotopic (exact) mass is 329 g/mol. The molecular weight excluding hydrogens is 309 g/mol. The Kier molecular flexibility index (Phi) is 6.15. The Labute approximate surface area is 135 Å². The van der Waals surface area contributed by atoms with E-state index in [-0.39, 0.29) is 6.04 Å². The van der Waals surface area contributed by atoms with Crippen molar-refractivity contribution in [3.05, 3.63) is 33.8 Å². The van der Waals surface area contributed by atoms with Crippen LogP contribution in [0.5, 0.6) is 0 Å². The molecule has 3 N–H and O–H groups in total. The molecule has 2 rings (SSSR count). The molecule has 116 valence electrons. The molecule has 0 bridgehead atoms. The van der Waals surface area contributed by atoms with Crippen molar-refractivity contribution in [2.45, 2.75) is 38.3 Å². The summed E-state index contributed by atoms with van der Waals surface area (Å²) in [5.74, 6) is 0.423. The zero-order valence-corrected chi connectivity index (χ0v) is 13.6. The van der Waals surface area contributed by atoms with Crippen molar-refractivity contribution < 1.29 is 4.74 Å². The van der Waals surface area contributed by atoms with Crippen LogP contribution in [0.3, 0.4) is 0 Å². The number of guanidine groups is 1. The van der Waals surface area contributed by atoms with E-state index >= 15 is 0 Å². The Balaban J connectivity index is 1.84. The third-order valence-electron chi connectivity index (χ3n) is 3.55. The molecule has 1 aliphatic heterocycles. The van der Waals surface area contributed by atoms with Crippen molar-refractivity contribution in [1.82, 2.24) is 5.32 Å². The molecule has 0 amide bonds. The predicted molar refractivity (Wildman–Crippen MR) is 88.1 cm³/mol. The highest BCUT2D eigenvalue weighted by molar-refractivity contribution is 6.35. The van der Waals surface area contributed by atoms with Gasteiger partial charge in [0.2, 0.25) is 0 Å². The third-order valence-corrected chi connectivity index (χ3v) is 4.11. The van der Waals surface area contributed by atoms with Gasteiger partial charge in [0, 0.05) is 23.2 Å². The smallest absolute Gasteiger partial charge is 0.189 e. The van der Waals surface area contributed by atoms with Crippen LogP contribution in [0.4, 0.5) is 0 Å². The van der Waals surface area contributed by atoms with Crippen LogP contribution in [0.2, 0.25) is 10.0 Å². The standard InChI is InChI=1S/C15H21Cl2N3O/c1-10(13-5-4-11(16)9-14(13)17)20-15(18)19-7-6-12-3-2-8-21-12/h4-5,9-10,12H,2-3,6-8H2,1H3,(H3,18,19,20). The number of halogens is 2. The Hall–Kier alpha value is -0.970. The number of nitrogens with two attached hydrogens (primary N) is 1. The number of nitrogens with zero attached hydrogens (tertiary/aromatic N) is 1. The van der Waals surface area contributed by atoms with Crippen LogP contribution >= 0.6 is 23.2 Å². The van der Waals surface area contributed by atoms with Crippen molar-refractivity contribution in [1.29, 1.82) is 0 Å². The van der Waals surface area contributed by atoms with Crippen molar-refractivity contribution >= 4 is 29.2 Å². The summed E-state index contributed by atoms with van der Waals surface area (Å²) < 4.78 is 5.55. The molecule has 2 atom stereocenters. The third kappa shape index (κ3) is 5.06. The summed E-state index contributed by atoms with van der Waals surface area (Å²) in [6.07, 6.45) is 3.52. The highest BCUT2D eigenvalue weighted by Gasteiger charge is 2.15. The van der Waals surface area contributed by atoms with Crippen molar-refractivity contribution in [2.75, 3.05) is 13.2 Å². The zero-order valence-electron chi connectivity index (χ0n) is 12.1. The number of hydrogen-bond acceptors (Lipinski definition) is 2. The molecule has 0 aliphatic carbocycles. The van der Waals surface area contributed by atoms with E-state index in [4.69, 9.17) is 33.7 Å². The topological polar surface area (TPSA) is 59.6 Å². The van der Waals surface area contributed by atoms with E-state index in [1.54, 1.807) is 6.07 Å². The lowest BCUT2D eigenvalue weighted by molar-refractivity contribution is 0.106. The van der Waals surface area contributed by atoms with Crippen molar-refractivity contribution in [3.8, 4) is 0 Å². The van der Waals surface area contributed by atoms with Crippen LogP contribution in [0.15, 0.2) is 23.2 Å². The van der Waals surface area contributed by atoms with Crippen LogP contribution in [-0.2, 0) is 4.74 Å². The number of benzene rings is 1. The van der Waals surface area contributed by atoms with Gasteiger partial charge in [-0.05, 0) is 43.9 Å². The Morgan fingerprint density at radius 2 is 2.33 bits per heavy atom. The molecule has 21 heavy (non-hydrogen) atoms. The molecule has 4 nitrogen and oxygen atoms in total. The minimum Gasteiger partial charge on any atom is -0.378 e. The van der Waals surface area contributed by atoms with Gasteiger partial charge in [-0.2, -0.15) is 0 Å². The number of ether oxygens (including phenoxy) is 1. The molecular formula is C15H21Cl2N3O. The molecule has 6 heteroatoms.